The third kappa shape index (κ3) is 4.35. The fourth-order valence-electron chi connectivity index (χ4n) is 4.55. The average Bonchev–Trinajstić information content (AvgIpc) is 3.46. The molecule has 4 aromatic rings. The maximum atomic E-state index is 13.2. The Kier molecular flexibility index (Phi) is 6.20. The molecule has 0 saturated carbocycles. The molecule has 2 atom stereocenters. The molecular formula is C27H24BrN3O3. The quantitative estimate of drug-likeness (QED) is 0.283. The van der Waals surface area contributed by atoms with Gasteiger partial charge in [-0.05, 0) is 66.9 Å². The van der Waals surface area contributed by atoms with Crippen molar-refractivity contribution < 1.29 is 13.9 Å². The van der Waals surface area contributed by atoms with E-state index in [-0.39, 0.29) is 30.2 Å². The smallest absolute Gasteiger partial charge is 0.265 e. The van der Waals surface area contributed by atoms with Gasteiger partial charge in [-0.1, -0.05) is 34.1 Å². The molecule has 2 unspecified atom stereocenters. The van der Waals surface area contributed by atoms with Crippen LogP contribution in [-0.2, 0) is 6.42 Å². The van der Waals surface area contributed by atoms with Gasteiger partial charge in [0.2, 0.25) is 5.78 Å². The Bertz CT molecular complexity index is 1300. The molecule has 1 aliphatic heterocycles. The van der Waals surface area contributed by atoms with Crippen LogP contribution in [0.5, 0.6) is 5.75 Å². The van der Waals surface area contributed by atoms with Gasteiger partial charge in [0.1, 0.15) is 11.4 Å². The molecule has 0 amide bonds. The summed E-state index contributed by atoms with van der Waals surface area (Å²) < 4.78 is 12.3. The second kappa shape index (κ2) is 9.43. The minimum atomic E-state index is -0.167. The number of hydrogen-bond donors (Lipinski definition) is 0. The molecule has 34 heavy (non-hydrogen) atoms. The predicted molar refractivity (Wildman–Crippen MR) is 134 cm³/mol. The van der Waals surface area contributed by atoms with Gasteiger partial charge in [0, 0.05) is 28.3 Å². The van der Waals surface area contributed by atoms with Crippen LogP contribution in [0.2, 0.25) is 0 Å². The largest absolute Gasteiger partial charge is 0.497 e. The average molecular weight is 518 g/mol. The summed E-state index contributed by atoms with van der Waals surface area (Å²) in [7, 11) is 1.67. The molecule has 1 aliphatic rings. The Labute approximate surface area is 206 Å². The molecule has 0 fully saturated rings. The minimum absolute atomic E-state index is 0.0966. The number of Topliss-reactive ketones (excluding diaryl/α,β-unsaturated/α-hetero) is 1. The van der Waals surface area contributed by atoms with Crippen LogP contribution >= 0.6 is 15.9 Å². The SMILES string of the molecule is COc1ccc2c(c1)C(Cc1ccc(Br)cc1)C(C)N2CC(=O)c1ncc(-c2ccccn2)o1. The van der Waals surface area contributed by atoms with Gasteiger partial charge in [-0.25, -0.2) is 4.98 Å². The number of benzene rings is 2. The van der Waals surface area contributed by atoms with E-state index in [4.69, 9.17) is 9.15 Å². The van der Waals surface area contributed by atoms with E-state index in [0.717, 1.165) is 22.3 Å². The lowest BCUT2D eigenvalue weighted by Gasteiger charge is -2.26. The molecule has 0 bridgehead atoms. The zero-order valence-corrected chi connectivity index (χ0v) is 20.5. The number of ether oxygens (including phenoxy) is 1. The zero-order valence-electron chi connectivity index (χ0n) is 18.9. The van der Waals surface area contributed by atoms with E-state index in [1.165, 1.54) is 11.1 Å². The molecule has 0 radical (unpaired) electrons. The first-order valence-corrected chi connectivity index (χ1v) is 11.9. The van der Waals surface area contributed by atoms with Gasteiger partial charge < -0.3 is 14.1 Å². The second-order valence-corrected chi connectivity index (χ2v) is 9.31. The number of ketones is 1. The fourth-order valence-corrected chi connectivity index (χ4v) is 4.82. The summed E-state index contributed by atoms with van der Waals surface area (Å²) in [5, 5.41) is 0. The Balaban J connectivity index is 1.41. The van der Waals surface area contributed by atoms with Crippen LogP contribution in [-0.4, -0.2) is 35.4 Å². The molecule has 172 valence electrons. The summed E-state index contributed by atoms with van der Waals surface area (Å²) >= 11 is 3.51. The highest BCUT2D eigenvalue weighted by molar-refractivity contribution is 9.10. The van der Waals surface area contributed by atoms with E-state index in [1.54, 1.807) is 19.5 Å². The number of halogens is 1. The number of rotatable bonds is 7. The van der Waals surface area contributed by atoms with Gasteiger partial charge in [0.05, 0.1) is 19.9 Å². The number of pyridine rings is 1. The number of anilines is 1. The normalized spacial score (nSPS) is 17.0. The van der Waals surface area contributed by atoms with E-state index in [2.05, 4.69) is 68.1 Å². The van der Waals surface area contributed by atoms with Gasteiger partial charge >= 0.3 is 0 Å². The van der Waals surface area contributed by atoms with Crippen LogP contribution in [0.3, 0.4) is 0 Å². The number of carbonyl (C=O) groups is 1. The van der Waals surface area contributed by atoms with Gasteiger partial charge in [0.15, 0.2) is 5.76 Å². The van der Waals surface area contributed by atoms with Crippen molar-refractivity contribution in [3.63, 3.8) is 0 Å². The molecule has 2 aromatic carbocycles. The fraction of sp³-hybridized carbons (Fsp3) is 0.222. The van der Waals surface area contributed by atoms with Gasteiger partial charge in [-0.15, -0.1) is 0 Å². The Hall–Kier alpha value is -3.45. The maximum absolute atomic E-state index is 13.2. The number of hydrogen-bond acceptors (Lipinski definition) is 6. The zero-order chi connectivity index (χ0) is 23.7. The summed E-state index contributed by atoms with van der Waals surface area (Å²) in [4.78, 5) is 23.8. The lowest BCUT2D eigenvalue weighted by molar-refractivity contribution is 0.0965. The number of aromatic nitrogens is 2. The molecule has 3 heterocycles. The van der Waals surface area contributed by atoms with E-state index in [1.807, 2.05) is 30.3 Å². The first kappa shape index (κ1) is 22.3. The monoisotopic (exact) mass is 517 g/mol. The highest BCUT2D eigenvalue weighted by atomic mass is 79.9. The topological polar surface area (TPSA) is 68.5 Å². The van der Waals surface area contributed by atoms with Gasteiger partial charge in [0.25, 0.3) is 5.89 Å². The summed E-state index contributed by atoms with van der Waals surface area (Å²) in [5.41, 5.74) is 4.12. The van der Waals surface area contributed by atoms with Crippen molar-refractivity contribution in [3.8, 4) is 17.2 Å². The lowest BCUT2D eigenvalue weighted by Crippen LogP contribution is -2.36. The van der Waals surface area contributed by atoms with Crippen molar-refractivity contribution in [3.05, 3.63) is 94.5 Å². The maximum Gasteiger partial charge on any atom is 0.265 e. The standard InChI is InChI=1S/C27H24BrN3O3/c1-17-21(13-18-6-8-19(28)9-7-18)22-14-20(33-2)10-11-24(22)31(17)16-25(32)27-30-15-26(34-27)23-5-3-4-12-29-23/h3-12,14-15,17,21H,13,16H2,1-2H3. The third-order valence-electron chi connectivity index (χ3n) is 6.36. The number of oxazole rings is 1. The molecule has 0 spiro atoms. The predicted octanol–water partition coefficient (Wildman–Crippen LogP) is 5.93. The van der Waals surface area contributed by atoms with Crippen LogP contribution in [0.25, 0.3) is 11.5 Å². The molecule has 7 heteroatoms. The number of fused-ring (bicyclic) bond motifs is 1. The van der Waals surface area contributed by atoms with Crippen molar-refractivity contribution >= 4 is 27.4 Å². The van der Waals surface area contributed by atoms with Crippen LogP contribution < -0.4 is 9.64 Å². The molecule has 0 N–H and O–H groups in total. The summed E-state index contributed by atoms with van der Waals surface area (Å²) in [5.74, 6) is 1.44. The second-order valence-electron chi connectivity index (χ2n) is 8.40. The molecular weight excluding hydrogens is 494 g/mol. The van der Waals surface area contributed by atoms with Crippen molar-refractivity contribution in [2.24, 2.45) is 0 Å². The minimum Gasteiger partial charge on any atom is -0.497 e. The van der Waals surface area contributed by atoms with E-state index >= 15 is 0 Å². The molecule has 6 nitrogen and oxygen atoms in total. The molecule has 2 aromatic heterocycles. The highest BCUT2D eigenvalue weighted by Crippen LogP contribution is 2.44. The van der Waals surface area contributed by atoms with Crippen molar-refractivity contribution in [2.75, 3.05) is 18.6 Å². The molecule has 0 aliphatic carbocycles. The van der Waals surface area contributed by atoms with Crippen molar-refractivity contribution in [1.82, 2.24) is 9.97 Å². The molecule has 0 saturated heterocycles. The number of nitrogens with zero attached hydrogens (tertiary/aromatic N) is 3. The van der Waals surface area contributed by atoms with E-state index < -0.39 is 0 Å². The first-order valence-electron chi connectivity index (χ1n) is 11.1. The van der Waals surface area contributed by atoms with Crippen molar-refractivity contribution in [1.29, 1.82) is 0 Å². The Morgan fingerprint density at radius 3 is 2.68 bits per heavy atom. The van der Waals surface area contributed by atoms with Crippen LogP contribution in [0.4, 0.5) is 5.69 Å². The van der Waals surface area contributed by atoms with Crippen LogP contribution in [0.1, 0.15) is 34.7 Å². The van der Waals surface area contributed by atoms with Crippen molar-refractivity contribution in [2.45, 2.75) is 25.3 Å². The Morgan fingerprint density at radius 2 is 1.94 bits per heavy atom. The van der Waals surface area contributed by atoms with Crippen LogP contribution in [0.15, 0.2) is 81.9 Å². The summed E-state index contributed by atoms with van der Waals surface area (Å²) in [6.07, 6.45) is 4.10. The van der Waals surface area contributed by atoms with Gasteiger partial charge in [-0.2, -0.15) is 0 Å². The lowest BCUT2D eigenvalue weighted by atomic mass is 9.89. The van der Waals surface area contributed by atoms with E-state index in [0.29, 0.717) is 11.5 Å². The third-order valence-corrected chi connectivity index (χ3v) is 6.89. The molecule has 5 rings (SSSR count). The summed E-state index contributed by atoms with van der Waals surface area (Å²) in [6.45, 7) is 2.34. The Morgan fingerprint density at radius 1 is 1.12 bits per heavy atom. The first-order chi connectivity index (χ1) is 16.5. The van der Waals surface area contributed by atoms with Gasteiger partial charge in [-0.3, -0.25) is 9.78 Å². The number of carbonyl (C=O) groups excluding carboxylic acids is 1. The highest BCUT2D eigenvalue weighted by Gasteiger charge is 2.37. The van der Waals surface area contributed by atoms with Crippen LogP contribution in [0, 0.1) is 0 Å². The summed E-state index contributed by atoms with van der Waals surface area (Å²) in [6, 6.07) is 20.1. The number of methoxy groups -OCH3 is 1. The van der Waals surface area contributed by atoms with E-state index in [9.17, 15) is 4.79 Å².